The number of rotatable bonds is 3. The zero-order valence-corrected chi connectivity index (χ0v) is 10.1. The van der Waals surface area contributed by atoms with Gasteiger partial charge in [-0.1, -0.05) is 23.7 Å². The molecule has 0 radical (unpaired) electrons. The summed E-state index contributed by atoms with van der Waals surface area (Å²) in [5, 5.41) is 13.4. The van der Waals surface area contributed by atoms with Crippen molar-refractivity contribution in [2.45, 2.75) is 24.7 Å². The lowest BCUT2D eigenvalue weighted by atomic mass is 9.72. The van der Waals surface area contributed by atoms with Gasteiger partial charge >= 0.3 is 0 Å². The third-order valence-electron chi connectivity index (χ3n) is 3.52. The minimum Gasteiger partial charge on any atom is -0.396 e. The minimum atomic E-state index is 0.0948. The minimum absolute atomic E-state index is 0.0948. The van der Waals surface area contributed by atoms with Gasteiger partial charge in [-0.05, 0) is 43.5 Å². The van der Waals surface area contributed by atoms with Crippen LogP contribution >= 0.6 is 11.6 Å². The number of hydrogen-bond donors (Lipinski definition) is 2. The average molecular weight is 240 g/mol. The molecule has 1 aliphatic rings. The summed E-state index contributed by atoms with van der Waals surface area (Å²) in [6, 6.07) is 8.05. The predicted octanol–water partition coefficient (Wildman–Crippen LogP) is 2.34. The Balaban J connectivity index is 2.26. The van der Waals surface area contributed by atoms with Gasteiger partial charge in [0.2, 0.25) is 0 Å². The summed E-state index contributed by atoms with van der Waals surface area (Å²) < 4.78 is 0. The largest absolute Gasteiger partial charge is 0.396 e. The van der Waals surface area contributed by atoms with E-state index in [4.69, 9.17) is 11.6 Å². The molecule has 1 atom stereocenters. The third kappa shape index (κ3) is 2.40. The van der Waals surface area contributed by atoms with Crippen LogP contribution in [0.2, 0.25) is 5.02 Å². The molecule has 0 aliphatic carbocycles. The van der Waals surface area contributed by atoms with Crippen LogP contribution in [-0.4, -0.2) is 24.8 Å². The molecule has 1 aromatic rings. The highest BCUT2D eigenvalue weighted by atomic mass is 35.5. The lowest BCUT2D eigenvalue weighted by Gasteiger charge is -2.38. The number of piperidine rings is 1. The number of benzene rings is 1. The van der Waals surface area contributed by atoms with Gasteiger partial charge in [0, 0.05) is 23.6 Å². The van der Waals surface area contributed by atoms with Crippen LogP contribution in [0.1, 0.15) is 24.8 Å². The molecule has 1 saturated heterocycles. The van der Waals surface area contributed by atoms with E-state index in [1.165, 1.54) is 12.0 Å². The molecule has 0 aromatic heterocycles. The number of aliphatic hydroxyl groups is 1. The van der Waals surface area contributed by atoms with E-state index >= 15 is 0 Å². The molecule has 0 spiro atoms. The Hall–Kier alpha value is -0.570. The summed E-state index contributed by atoms with van der Waals surface area (Å²) in [4.78, 5) is 0. The Bertz CT molecular complexity index is 325. The predicted molar refractivity (Wildman–Crippen MR) is 66.9 cm³/mol. The van der Waals surface area contributed by atoms with Crippen molar-refractivity contribution in [2.24, 2.45) is 0 Å². The van der Waals surface area contributed by atoms with Crippen molar-refractivity contribution < 1.29 is 5.11 Å². The molecule has 1 aromatic carbocycles. The van der Waals surface area contributed by atoms with E-state index in [-0.39, 0.29) is 12.0 Å². The molecule has 1 fully saturated rings. The van der Waals surface area contributed by atoms with Gasteiger partial charge in [-0.3, -0.25) is 0 Å². The third-order valence-corrected chi connectivity index (χ3v) is 3.77. The van der Waals surface area contributed by atoms with Gasteiger partial charge < -0.3 is 10.4 Å². The van der Waals surface area contributed by atoms with Crippen molar-refractivity contribution in [1.82, 2.24) is 5.32 Å². The molecule has 0 saturated carbocycles. The Morgan fingerprint density at radius 1 is 1.31 bits per heavy atom. The van der Waals surface area contributed by atoms with Crippen LogP contribution in [0.5, 0.6) is 0 Å². The van der Waals surface area contributed by atoms with E-state index in [0.29, 0.717) is 0 Å². The topological polar surface area (TPSA) is 32.3 Å². The molecule has 2 rings (SSSR count). The Morgan fingerprint density at radius 3 is 2.62 bits per heavy atom. The molecule has 1 heterocycles. The summed E-state index contributed by atoms with van der Waals surface area (Å²) >= 11 is 5.91. The Labute approximate surface area is 102 Å². The highest BCUT2D eigenvalue weighted by molar-refractivity contribution is 6.30. The van der Waals surface area contributed by atoms with Crippen LogP contribution in [0.3, 0.4) is 0 Å². The maximum atomic E-state index is 9.25. The van der Waals surface area contributed by atoms with Gasteiger partial charge in [-0.25, -0.2) is 0 Å². The van der Waals surface area contributed by atoms with Gasteiger partial charge in [0.05, 0.1) is 0 Å². The number of halogens is 1. The number of nitrogens with one attached hydrogen (secondary N) is 1. The summed E-state index contributed by atoms with van der Waals surface area (Å²) in [5.41, 5.74) is 1.38. The van der Waals surface area contributed by atoms with Crippen molar-refractivity contribution in [2.75, 3.05) is 19.7 Å². The lowest BCUT2D eigenvalue weighted by Crippen LogP contribution is -2.44. The Morgan fingerprint density at radius 2 is 2.06 bits per heavy atom. The van der Waals surface area contributed by atoms with E-state index in [0.717, 1.165) is 31.0 Å². The zero-order valence-electron chi connectivity index (χ0n) is 9.38. The van der Waals surface area contributed by atoms with Crippen LogP contribution < -0.4 is 5.32 Å². The monoisotopic (exact) mass is 239 g/mol. The molecule has 0 bridgehead atoms. The first kappa shape index (κ1) is 11.9. The fraction of sp³-hybridized carbons (Fsp3) is 0.538. The highest BCUT2D eigenvalue weighted by Crippen LogP contribution is 2.34. The van der Waals surface area contributed by atoms with Crippen LogP contribution in [0.4, 0.5) is 0 Å². The normalized spacial score (nSPS) is 25.6. The second-order valence-electron chi connectivity index (χ2n) is 4.54. The molecule has 0 amide bonds. The quantitative estimate of drug-likeness (QED) is 0.849. The molecular formula is C13H18ClNO. The second kappa shape index (κ2) is 5.17. The van der Waals surface area contributed by atoms with Crippen LogP contribution in [0, 0.1) is 0 Å². The van der Waals surface area contributed by atoms with Crippen LogP contribution in [0.15, 0.2) is 24.3 Å². The van der Waals surface area contributed by atoms with Gasteiger partial charge in [0.25, 0.3) is 0 Å². The van der Waals surface area contributed by atoms with E-state index in [2.05, 4.69) is 17.4 Å². The first-order valence-corrected chi connectivity index (χ1v) is 6.22. The molecule has 88 valence electrons. The molecule has 2 nitrogen and oxygen atoms in total. The standard InChI is InChI=1S/C13H18ClNO/c14-12-4-2-11(3-5-12)13(7-9-16)6-1-8-15-10-13/h2-5,15-16H,1,6-10H2. The Kier molecular flexibility index (Phi) is 3.85. The molecule has 16 heavy (non-hydrogen) atoms. The summed E-state index contributed by atoms with van der Waals surface area (Å²) in [7, 11) is 0. The summed E-state index contributed by atoms with van der Waals surface area (Å²) in [6.07, 6.45) is 3.13. The smallest absolute Gasteiger partial charge is 0.0440 e. The maximum absolute atomic E-state index is 9.25. The van der Waals surface area contributed by atoms with Crippen molar-refractivity contribution in [3.05, 3.63) is 34.9 Å². The molecule has 2 N–H and O–H groups in total. The van der Waals surface area contributed by atoms with Crippen LogP contribution in [0.25, 0.3) is 0 Å². The highest BCUT2D eigenvalue weighted by Gasteiger charge is 2.33. The van der Waals surface area contributed by atoms with E-state index in [1.54, 1.807) is 0 Å². The molecule has 3 heteroatoms. The van der Waals surface area contributed by atoms with Gasteiger partial charge in [0.15, 0.2) is 0 Å². The van der Waals surface area contributed by atoms with E-state index in [9.17, 15) is 5.11 Å². The maximum Gasteiger partial charge on any atom is 0.0440 e. The summed E-state index contributed by atoms with van der Waals surface area (Å²) in [6.45, 7) is 2.28. The van der Waals surface area contributed by atoms with Gasteiger partial charge in [-0.2, -0.15) is 0 Å². The van der Waals surface area contributed by atoms with Crippen molar-refractivity contribution in [1.29, 1.82) is 0 Å². The summed E-state index contributed by atoms with van der Waals surface area (Å²) in [5.74, 6) is 0. The molecule has 1 unspecified atom stereocenters. The van der Waals surface area contributed by atoms with Gasteiger partial charge in [0.1, 0.15) is 0 Å². The van der Waals surface area contributed by atoms with Crippen molar-refractivity contribution >= 4 is 11.6 Å². The first-order chi connectivity index (χ1) is 7.77. The molecular weight excluding hydrogens is 222 g/mol. The van der Waals surface area contributed by atoms with Crippen molar-refractivity contribution in [3.8, 4) is 0 Å². The number of aliphatic hydroxyl groups excluding tert-OH is 1. The zero-order chi connectivity index (χ0) is 11.4. The van der Waals surface area contributed by atoms with E-state index < -0.39 is 0 Å². The first-order valence-electron chi connectivity index (χ1n) is 5.84. The lowest BCUT2D eigenvalue weighted by molar-refractivity contribution is 0.207. The number of hydrogen-bond acceptors (Lipinski definition) is 2. The van der Waals surface area contributed by atoms with Crippen molar-refractivity contribution in [3.63, 3.8) is 0 Å². The fourth-order valence-electron chi connectivity index (χ4n) is 2.59. The molecule has 1 aliphatic heterocycles. The van der Waals surface area contributed by atoms with Gasteiger partial charge in [-0.15, -0.1) is 0 Å². The average Bonchev–Trinajstić information content (AvgIpc) is 2.31. The fourth-order valence-corrected chi connectivity index (χ4v) is 2.72. The van der Waals surface area contributed by atoms with E-state index in [1.807, 2.05) is 12.1 Å². The SMILES string of the molecule is OCCC1(c2ccc(Cl)cc2)CCCNC1. The van der Waals surface area contributed by atoms with Crippen LogP contribution in [-0.2, 0) is 5.41 Å². The second-order valence-corrected chi connectivity index (χ2v) is 4.98.